The Labute approximate surface area is 159 Å². The quantitative estimate of drug-likeness (QED) is 0.681. The molecule has 6 heteroatoms. The summed E-state index contributed by atoms with van der Waals surface area (Å²) in [6, 6.07) is 18.2. The van der Waals surface area contributed by atoms with Gasteiger partial charge >= 0.3 is 0 Å². The van der Waals surface area contributed by atoms with Crippen molar-refractivity contribution in [3.63, 3.8) is 0 Å². The zero-order valence-electron chi connectivity index (χ0n) is 15.3. The Balaban J connectivity index is 1.59. The molecule has 0 aromatic heterocycles. The Bertz CT molecular complexity index is 1090. The van der Waals surface area contributed by atoms with Crippen molar-refractivity contribution in [3.8, 4) is 0 Å². The summed E-state index contributed by atoms with van der Waals surface area (Å²) in [4.78, 5) is 12.3. The molecule has 1 amide bonds. The second-order valence-corrected chi connectivity index (χ2v) is 8.27. The van der Waals surface area contributed by atoms with Crippen molar-refractivity contribution in [1.82, 2.24) is 4.72 Å². The van der Waals surface area contributed by atoms with E-state index in [1.165, 1.54) is 0 Å². The Morgan fingerprint density at radius 1 is 0.889 bits per heavy atom. The normalized spacial score (nSPS) is 11.5. The third-order valence-electron chi connectivity index (χ3n) is 4.47. The number of benzene rings is 3. The van der Waals surface area contributed by atoms with Crippen LogP contribution in [0.4, 0.5) is 5.69 Å². The van der Waals surface area contributed by atoms with E-state index in [0.29, 0.717) is 5.69 Å². The summed E-state index contributed by atoms with van der Waals surface area (Å²) in [7, 11) is -3.66. The summed E-state index contributed by atoms with van der Waals surface area (Å²) in [5, 5.41) is 4.62. The maximum atomic E-state index is 12.5. The van der Waals surface area contributed by atoms with Gasteiger partial charge in [0.1, 0.15) is 0 Å². The smallest absolute Gasteiger partial charge is 0.240 e. The Morgan fingerprint density at radius 2 is 1.63 bits per heavy atom. The first-order valence-corrected chi connectivity index (χ1v) is 10.2. The topological polar surface area (TPSA) is 75.3 Å². The van der Waals surface area contributed by atoms with Gasteiger partial charge in [0.25, 0.3) is 0 Å². The van der Waals surface area contributed by atoms with E-state index in [2.05, 4.69) is 10.0 Å². The predicted octanol–water partition coefficient (Wildman–Crippen LogP) is 3.76. The molecule has 0 fully saturated rings. The molecular formula is C21H22N2O3S. The molecule has 5 nitrogen and oxygen atoms in total. The first-order valence-electron chi connectivity index (χ1n) is 8.71. The van der Waals surface area contributed by atoms with E-state index >= 15 is 0 Å². The van der Waals surface area contributed by atoms with Crippen molar-refractivity contribution >= 4 is 32.4 Å². The van der Waals surface area contributed by atoms with Crippen molar-refractivity contribution in [1.29, 1.82) is 0 Å². The number of sulfonamides is 1. The highest BCUT2D eigenvalue weighted by Gasteiger charge is 2.14. The molecule has 0 saturated heterocycles. The van der Waals surface area contributed by atoms with Gasteiger partial charge in [0.2, 0.25) is 15.9 Å². The fourth-order valence-corrected chi connectivity index (χ4v) is 3.83. The molecule has 0 aliphatic heterocycles. The van der Waals surface area contributed by atoms with E-state index in [-0.39, 0.29) is 23.8 Å². The molecule has 0 aliphatic rings. The number of amides is 1. The summed E-state index contributed by atoms with van der Waals surface area (Å²) in [6.07, 6.45) is 0.0553. The molecule has 3 aromatic carbocycles. The SMILES string of the molecule is Cc1ccc(NC(=O)CCNS(=O)(=O)c2ccc3ccccc3c2)cc1C. The van der Waals surface area contributed by atoms with Gasteiger partial charge < -0.3 is 5.32 Å². The Morgan fingerprint density at radius 3 is 2.37 bits per heavy atom. The maximum absolute atomic E-state index is 12.5. The lowest BCUT2D eigenvalue weighted by Crippen LogP contribution is -2.27. The fourth-order valence-electron chi connectivity index (χ4n) is 2.76. The van der Waals surface area contributed by atoms with Gasteiger partial charge in [0, 0.05) is 18.7 Å². The molecule has 0 aliphatic carbocycles. The van der Waals surface area contributed by atoms with Crippen LogP contribution in [0.3, 0.4) is 0 Å². The van der Waals surface area contributed by atoms with Crippen LogP contribution in [0.1, 0.15) is 17.5 Å². The Kier molecular flexibility index (Phi) is 5.58. The van der Waals surface area contributed by atoms with Crippen molar-refractivity contribution in [2.24, 2.45) is 0 Å². The summed E-state index contributed by atoms with van der Waals surface area (Å²) in [5.41, 5.74) is 2.95. The zero-order chi connectivity index (χ0) is 19.4. The number of nitrogens with one attached hydrogen (secondary N) is 2. The largest absolute Gasteiger partial charge is 0.326 e. The minimum atomic E-state index is -3.66. The van der Waals surface area contributed by atoms with Gasteiger partial charge in [-0.15, -0.1) is 0 Å². The third kappa shape index (κ3) is 4.72. The summed E-state index contributed by atoms with van der Waals surface area (Å²) in [5.74, 6) is -0.237. The standard InChI is InChI=1S/C21H22N2O3S/c1-15-7-9-19(13-16(15)2)23-21(24)11-12-22-27(25,26)20-10-8-17-5-3-4-6-18(17)14-20/h3-10,13-14,22H,11-12H2,1-2H3,(H,23,24). The first-order chi connectivity index (χ1) is 12.8. The Hall–Kier alpha value is -2.70. The molecule has 0 spiro atoms. The number of rotatable bonds is 6. The van der Waals surface area contributed by atoms with E-state index in [9.17, 15) is 13.2 Å². The van der Waals surface area contributed by atoms with Crippen molar-refractivity contribution in [2.45, 2.75) is 25.2 Å². The monoisotopic (exact) mass is 382 g/mol. The van der Waals surface area contributed by atoms with Gasteiger partial charge in [0.05, 0.1) is 4.90 Å². The minimum absolute atomic E-state index is 0.0336. The van der Waals surface area contributed by atoms with Crippen LogP contribution in [0.2, 0.25) is 0 Å². The molecule has 0 bridgehead atoms. The minimum Gasteiger partial charge on any atom is -0.326 e. The lowest BCUT2D eigenvalue weighted by atomic mass is 10.1. The van der Waals surface area contributed by atoms with Crippen LogP contribution in [0.15, 0.2) is 65.6 Å². The second-order valence-electron chi connectivity index (χ2n) is 6.50. The highest BCUT2D eigenvalue weighted by molar-refractivity contribution is 7.89. The molecule has 0 radical (unpaired) electrons. The van der Waals surface area contributed by atoms with Gasteiger partial charge in [0.15, 0.2) is 0 Å². The number of carbonyl (C=O) groups is 1. The van der Waals surface area contributed by atoms with Gasteiger partial charge in [-0.05, 0) is 60.0 Å². The molecule has 3 rings (SSSR count). The fraction of sp³-hybridized carbons (Fsp3) is 0.190. The van der Waals surface area contributed by atoms with E-state index in [1.54, 1.807) is 18.2 Å². The molecule has 2 N–H and O–H groups in total. The average Bonchev–Trinajstić information content (AvgIpc) is 2.64. The second kappa shape index (κ2) is 7.90. The molecule has 0 heterocycles. The molecular weight excluding hydrogens is 360 g/mol. The first kappa shape index (κ1) is 19.1. The van der Waals surface area contributed by atoms with E-state index in [1.807, 2.05) is 56.3 Å². The molecule has 0 atom stereocenters. The number of carbonyl (C=O) groups excluding carboxylic acids is 1. The van der Waals surface area contributed by atoms with Crippen LogP contribution in [0, 0.1) is 13.8 Å². The van der Waals surface area contributed by atoms with E-state index in [0.717, 1.165) is 21.9 Å². The lowest BCUT2D eigenvalue weighted by molar-refractivity contribution is -0.116. The average molecular weight is 382 g/mol. The lowest BCUT2D eigenvalue weighted by Gasteiger charge is -2.09. The maximum Gasteiger partial charge on any atom is 0.240 e. The number of hydrogen-bond acceptors (Lipinski definition) is 3. The van der Waals surface area contributed by atoms with Gasteiger partial charge in [-0.3, -0.25) is 4.79 Å². The number of anilines is 1. The summed E-state index contributed by atoms with van der Waals surface area (Å²) in [6.45, 7) is 4.01. The number of fused-ring (bicyclic) bond motifs is 1. The number of aryl methyl sites for hydroxylation is 2. The molecule has 0 saturated carbocycles. The zero-order valence-corrected chi connectivity index (χ0v) is 16.1. The summed E-state index contributed by atoms with van der Waals surface area (Å²) < 4.78 is 27.4. The highest BCUT2D eigenvalue weighted by Crippen LogP contribution is 2.19. The van der Waals surface area contributed by atoms with Crippen molar-refractivity contribution < 1.29 is 13.2 Å². The van der Waals surface area contributed by atoms with Crippen LogP contribution in [0.25, 0.3) is 10.8 Å². The predicted molar refractivity (Wildman–Crippen MR) is 108 cm³/mol. The van der Waals surface area contributed by atoms with Crippen LogP contribution >= 0.6 is 0 Å². The van der Waals surface area contributed by atoms with Crippen molar-refractivity contribution in [2.75, 3.05) is 11.9 Å². The molecule has 3 aromatic rings. The van der Waals surface area contributed by atoms with Gasteiger partial charge in [-0.1, -0.05) is 36.4 Å². The van der Waals surface area contributed by atoms with Crippen LogP contribution < -0.4 is 10.0 Å². The molecule has 140 valence electrons. The van der Waals surface area contributed by atoms with Gasteiger partial charge in [-0.25, -0.2) is 13.1 Å². The van der Waals surface area contributed by atoms with E-state index < -0.39 is 10.0 Å². The summed E-state index contributed by atoms with van der Waals surface area (Å²) >= 11 is 0. The molecule has 0 unspecified atom stereocenters. The van der Waals surface area contributed by atoms with Crippen LogP contribution in [-0.4, -0.2) is 20.9 Å². The third-order valence-corrected chi connectivity index (χ3v) is 5.92. The van der Waals surface area contributed by atoms with Crippen LogP contribution in [0.5, 0.6) is 0 Å². The van der Waals surface area contributed by atoms with E-state index in [4.69, 9.17) is 0 Å². The highest BCUT2D eigenvalue weighted by atomic mass is 32.2. The van der Waals surface area contributed by atoms with Crippen molar-refractivity contribution in [3.05, 3.63) is 71.8 Å². The molecule has 27 heavy (non-hydrogen) atoms. The van der Waals surface area contributed by atoms with Gasteiger partial charge in [-0.2, -0.15) is 0 Å². The van der Waals surface area contributed by atoms with Crippen LogP contribution in [-0.2, 0) is 14.8 Å². The number of hydrogen-bond donors (Lipinski definition) is 2.